The molecule has 0 bridgehead atoms. The third kappa shape index (κ3) is 3.56. The third-order valence-electron chi connectivity index (χ3n) is 2.44. The van der Waals surface area contributed by atoms with E-state index in [1.807, 2.05) is 12.1 Å². The largest absolute Gasteiger partial charge is 0.468 e. The number of hydrogen-bond acceptors (Lipinski definition) is 5. The van der Waals surface area contributed by atoms with Gasteiger partial charge in [-0.15, -0.1) is 11.3 Å². The predicted molar refractivity (Wildman–Crippen MR) is 64.9 cm³/mol. The van der Waals surface area contributed by atoms with Crippen molar-refractivity contribution >= 4 is 23.3 Å². The highest BCUT2D eigenvalue weighted by Gasteiger charge is 2.29. The number of esters is 2. The Bertz CT molecular complexity index is 381. The van der Waals surface area contributed by atoms with Crippen molar-refractivity contribution in [3.05, 3.63) is 21.9 Å². The van der Waals surface area contributed by atoms with E-state index in [2.05, 4.69) is 16.4 Å². The molecule has 0 atom stereocenters. The molecule has 0 saturated heterocycles. The van der Waals surface area contributed by atoms with Gasteiger partial charge in [-0.05, 0) is 18.6 Å². The van der Waals surface area contributed by atoms with Crippen molar-refractivity contribution in [2.75, 3.05) is 14.2 Å². The molecular formula is C12H16O4S. The van der Waals surface area contributed by atoms with Gasteiger partial charge < -0.3 is 9.47 Å². The van der Waals surface area contributed by atoms with E-state index in [4.69, 9.17) is 0 Å². The Morgan fingerprint density at radius 2 is 1.71 bits per heavy atom. The molecule has 1 aromatic heterocycles. The predicted octanol–water partition coefficient (Wildman–Crippen LogP) is 1.82. The van der Waals surface area contributed by atoms with Crippen LogP contribution in [0.2, 0.25) is 0 Å². The van der Waals surface area contributed by atoms with Crippen LogP contribution in [-0.4, -0.2) is 26.2 Å². The number of carbonyl (C=O) groups is 2. The van der Waals surface area contributed by atoms with Crippen LogP contribution in [0, 0.1) is 5.92 Å². The van der Waals surface area contributed by atoms with Gasteiger partial charge >= 0.3 is 11.9 Å². The molecule has 0 spiro atoms. The van der Waals surface area contributed by atoms with Gasteiger partial charge in [0.15, 0.2) is 5.92 Å². The minimum atomic E-state index is -0.867. The molecule has 0 radical (unpaired) electrons. The molecule has 17 heavy (non-hydrogen) atoms. The van der Waals surface area contributed by atoms with E-state index in [1.165, 1.54) is 19.1 Å². The molecule has 1 rings (SSSR count). The fourth-order valence-corrected chi connectivity index (χ4v) is 2.47. The molecule has 0 amide bonds. The van der Waals surface area contributed by atoms with Gasteiger partial charge in [-0.25, -0.2) is 0 Å². The zero-order valence-corrected chi connectivity index (χ0v) is 11.0. The van der Waals surface area contributed by atoms with E-state index in [9.17, 15) is 9.59 Å². The molecular weight excluding hydrogens is 240 g/mol. The van der Waals surface area contributed by atoms with Crippen molar-refractivity contribution < 1.29 is 19.1 Å². The minimum Gasteiger partial charge on any atom is -0.468 e. The standard InChI is InChI=1S/C12H16O4S/c1-4-8-5-6-9(17-8)7-10(11(13)15-2)12(14)16-3/h5-6,10H,4,7H2,1-3H3. The summed E-state index contributed by atoms with van der Waals surface area (Å²) in [6.45, 7) is 2.06. The van der Waals surface area contributed by atoms with Gasteiger partial charge in [0.05, 0.1) is 14.2 Å². The fraction of sp³-hybridized carbons (Fsp3) is 0.500. The van der Waals surface area contributed by atoms with Gasteiger partial charge in [0.25, 0.3) is 0 Å². The molecule has 4 nitrogen and oxygen atoms in total. The van der Waals surface area contributed by atoms with Crippen molar-refractivity contribution in [1.82, 2.24) is 0 Å². The van der Waals surface area contributed by atoms with E-state index in [0.29, 0.717) is 6.42 Å². The Hall–Kier alpha value is -1.36. The number of aryl methyl sites for hydroxylation is 1. The molecule has 0 fully saturated rings. The lowest BCUT2D eigenvalue weighted by molar-refractivity contribution is -0.158. The highest BCUT2D eigenvalue weighted by molar-refractivity contribution is 7.12. The summed E-state index contributed by atoms with van der Waals surface area (Å²) >= 11 is 1.60. The molecule has 0 N–H and O–H groups in total. The molecule has 1 heterocycles. The molecule has 0 aliphatic carbocycles. The summed E-state index contributed by atoms with van der Waals surface area (Å²) in [6.07, 6.45) is 1.29. The fourth-order valence-electron chi connectivity index (χ4n) is 1.47. The number of thiophene rings is 1. The molecule has 1 aromatic rings. The Morgan fingerprint density at radius 1 is 1.18 bits per heavy atom. The number of carbonyl (C=O) groups excluding carboxylic acids is 2. The summed E-state index contributed by atoms with van der Waals surface area (Å²) in [5.41, 5.74) is 0. The van der Waals surface area contributed by atoms with E-state index in [0.717, 1.165) is 11.3 Å². The molecule has 0 aromatic carbocycles. The van der Waals surface area contributed by atoms with Gasteiger partial charge in [0.1, 0.15) is 0 Å². The molecule has 0 unspecified atom stereocenters. The summed E-state index contributed by atoms with van der Waals surface area (Å²) in [7, 11) is 2.54. The second-order valence-corrected chi connectivity index (χ2v) is 4.78. The molecule has 0 saturated carbocycles. The topological polar surface area (TPSA) is 52.6 Å². The van der Waals surface area contributed by atoms with Crippen LogP contribution < -0.4 is 0 Å². The second kappa shape index (κ2) is 6.39. The van der Waals surface area contributed by atoms with Crippen molar-refractivity contribution in [3.8, 4) is 0 Å². The van der Waals surface area contributed by atoms with Crippen LogP contribution in [0.4, 0.5) is 0 Å². The Labute approximate surface area is 105 Å². The maximum absolute atomic E-state index is 11.5. The first-order chi connectivity index (χ1) is 8.12. The zero-order chi connectivity index (χ0) is 12.8. The lowest BCUT2D eigenvalue weighted by atomic mass is 10.1. The van der Waals surface area contributed by atoms with Crippen LogP contribution in [0.15, 0.2) is 12.1 Å². The second-order valence-electron chi connectivity index (χ2n) is 3.52. The van der Waals surface area contributed by atoms with Gasteiger partial charge in [-0.2, -0.15) is 0 Å². The van der Waals surface area contributed by atoms with Crippen LogP contribution in [0.3, 0.4) is 0 Å². The first kappa shape index (κ1) is 13.7. The van der Waals surface area contributed by atoms with E-state index < -0.39 is 17.9 Å². The highest BCUT2D eigenvalue weighted by atomic mass is 32.1. The lowest BCUT2D eigenvalue weighted by Gasteiger charge is -2.10. The molecule has 94 valence electrons. The van der Waals surface area contributed by atoms with E-state index in [-0.39, 0.29) is 0 Å². The molecule has 5 heteroatoms. The first-order valence-corrected chi connectivity index (χ1v) is 6.17. The minimum absolute atomic E-state index is 0.337. The average Bonchev–Trinajstić information content (AvgIpc) is 2.81. The van der Waals surface area contributed by atoms with Gasteiger partial charge in [0, 0.05) is 16.2 Å². The number of methoxy groups -OCH3 is 2. The molecule has 0 aliphatic heterocycles. The van der Waals surface area contributed by atoms with Crippen molar-refractivity contribution in [2.45, 2.75) is 19.8 Å². The van der Waals surface area contributed by atoms with Crippen molar-refractivity contribution in [3.63, 3.8) is 0 Å². The Morgan fingerprint density at radius 3 is 2.12 bits per heavy atom. The van der Waals surface area contributed by atoms with Crippen molar-refractivity contribution in [1.29, 1.82) is 0 Å². The summed E-state index contributed by atoms with van der Waals surface area (Å²) < 4.78 is 9.21. The Balaban J connectivity index is 2.78. The summed E-state index contributed by atoms with van der Waals surface area (Å²) in [4.78, 5) is 25.2. The van der Waals surface area contributed by atoms with Gasteiger partial charge in [-0.3, -0.25) is 9.59 Å². The lowest BCUT2D eigenvalue weighted by Crippen LogP contribution is -2.28. The summed E-state index contributed by atoms with van der Waals surface area (Å²) in [6, 6.07) is 3.94. The Kier molecular flexibility index (Phi) is 5.15. The van der Waals surface area contributed by atoms with Crippen LogP contribution in [0.1, 0.15) is 16.7 Å². The maximum atomic E-state index is 11.5. The van der Waals surface area contributed by atoms with Crippen LogP contribution in [0.5, 0.6) is 0 Å². The number of ether oxygens (including phenoxy) is 2. The SMILES string of the molecule is CCc1ccc(CC(C(=O)OC)C(=O)OC)s1. The smallest absolute Gasteiger partial charge is 0.320 e. The van der Waals surface area contributed by atoms with E-state index in [1.54, 1.807) is 11.3 Å². The first-order valence-electron chi connectivity index (χ1n) is 5.35. The van der Waals surface area contributed by atoms with Gasteiger partial charge in [-0.1, -0.05) is 6.92 Å². The van der Waals surface area contributed by atoms with Gasteiger partial charge in [0.2, 0.25) is 0 Å². The monoisotopic (exact) mass is 256 g/mol. The zero-order valence-electron chi connectivity index (χ0n) is 10.2. The number of rotatable bonds is 5. The summed E-state index contributed by atoms with van der Waals surface area (Å²) in [5, 5.41) is 0. The molecule has 0 aliphatic rings. The van der Waals surface area contributed by atoms with Crippen LogP contribution in [-0.2, 0) is 31.9 Å². The quantitative estimate of drug-likeness (QED) is 0.595. The number of hydrogen-bond donors (Lipinski definition) is 0. The van der Waals surface area contributed by atoms with Crippen LogP contribution >= 0.6 is 11.3 Å². The average molecular weight is 256 g/mol. The summed E-state index contributed by atoms with van der Waals surface area (Å²) in [5.74, 6) is -1.97. The van der Waals surface area contributed by atoms with E-state index >= 15 is 0 Å². The maximum Gasteiger partial charge on any atom is 0.320 e. The normalized spacial score (nSPS) is 10.4. The highest BCUT2D eigenvalue weighted by Crippen LogP contribution is 2.21. The van der Waals surface area contributed by atoms with Crippen molar-refractivity contribution in [2.24, 2.45) is 5.92 Å². The third-order valence-corrected chi connectivity index (χ3v) is 3.69. The van der Waals surface area contributed by atoms with Crippen LogP contribution in [0.25, 0.3) is 0 Å².